The number of pyridine rings is 1. The van der Waals surface area contributed by atoms with Crippen LogP contribution in [0.5, 0.6) is 5.75 Å². The van der Waals surface area contributed by atoms with Crippen molar-refractivity contribution in [2.24, 2.45) is 11.1 Å². The summed E-state index contributed by atoms with van der Waals surface area (Å²) in [6.07, 6.45) is 5.43. The van der Waals surface area contributed by atoms with Gasteiger partial charge in [0, 0.05) is 36.2 Å². The van der Waals surface area contributed by atoms with Crippen molar-refractivity contribution in [3.8, 4) is 5.75 Å². The number of carbonyl (C=O) groups is 3. The lowest BCUT2D eigenvalue weighted by Crippen LogP contribution is -2.31. The van der Waals surface area contributed by atoms with Gasteiger partial charge < -0.3 is 20.9 Å². The van der Waals surface area contributed by atoms with Crippen LogP contribution in [0.2, 0.25) is 0 Å². The number of nitrogens with zero attached hydrogens (tertiary/aromatic N) is 1. The number of unbranched alkanes of at least 4 members (excludes halogenated alkanes) is 1. The molecule has 0 bridgehead atoms. The van der Waals surface area contributed by atoms with Crippen LogP contribution in [0.3, 0.4) is 0 Å². The first-order valence-electron chi connectivity index (χ1n) is 14.2. The molecule has 1 aromatic heterocycles. The first-order valence-corrected chi connectivity index (χ1v) is 14.2. The van der Waals surface area contributed by atoms with E-state index in [0.29, 0.717) is 31.4 Å². The topological polar surface area (TPSA) is 132 Å². The van der Waals surface area contributed by atoms with Crippen LogP contribution in [-0.2, 0) is 25.5 Å². The molecule has 42 heavy (non-hydrogen) atoms. The number of amides is 1. The van der Waals surface area contributed by atoms with Crippen molar-refractivity contribution < 1.29 is 28.6 Å². The van der Waals surface area contributed by atoms with Crippen molar-refractivity contribution in [3.63, 3.8) is 0 Å². The Kier molecular flexibility index (Phi) is 16.0. The normalized spacial score (nSPS) is 11.7. The fourth-order valence-corrected chi connectivity index (χ4v) is 4.05. The Labute approximate surface area is 248 Å². The van der Waals surface area contributed by atoms with Crippen molar-refractivity contribution in [2.45, 2.75) is 73.6 Å². The number of Topliss-reactive ketones (excluding diaryl/α,β-unsaturated/α-hetero) is 1. The number of ether oxygens (including phenoxy) is 1. The predicted molar refractivity (Wildman–Crippen MR) is 165 cm³/mol. The van der Waals surface area contributed by atoms with Gasteiger partial charge in [0.15, 0.2) is 11.6 Å². The van der Waals surface area contributed by atoms with Crippen LogP contribution in [0.15, 0.2) is 48.7 Å². The molecule has 1 heterocycles. The van der Waals surface area contributed by atoms with E-state index in [1.807, 2.05) is 27.0 Å². The summed E-state index contributed by atoms with van der Waals surface area (Å²) < 4.78 is 17.4. The summed E-state index contributed by atoms with van der Waals surface area (Å²) in [5.74, 6) is -1.17. The smallest absolute Gasteiger partial charge is 0.302 e. The Morgan fingerprint density at radius 3 is 2.36 bits per heavy atom. The van der Waals surface area contributed by atoms with Crippen LogP contribution in [-0.4, -0.2) is 47.4 Å². The number of aromatic nitrogens is 1. The van der Waals surface area contributed by atoms with E-state index in [0.717, 1.165) is 18.5 Å². The van der Waals surface area contributed by atoms with Gasteiger partial charge in [0.2, 0.25) is 5.91 Å². The van der Waals surface area contributed by atoms with E-state index in [1.165, 1.54) is 29.3 Å². The summed E-state index contributed by atoms with van der Waals surface area (Å²) in [6, 6.07) is 13.1. The Bertz CT molecular complexity index is 1280. The van der Waals surface area contributed by atoms with Crippen LogP contribution < -0.4 is 11.1 Å². The van der Waals surface area contributed by atoms with E-state index >= 15 is 0 Å². The van der Waals surface area contributed by atoms with Crippen molar-refractivity contribution in [2.75, 3.05) is 19.7 Å². The molecule has 3 aromatic rings. The van der Waals surface area contributed by atoms with Gasteiger partial charge in [-0.15, -0.1) is 0 Å². The van der Waals surface area contributed by atoms with Crippen LogP contribution in [0.1, 0.15) is 70.2 Å². The van der Waals surface area contributed by atoms with Gasteiger partial charge in [0.25, 0.3) is 0 Å². The minimum Gasteiger partial charge on any atom is -0.505 e. The van der Waals surface area contributed by atoms with Crippen LogP contribution in [0.25, 0.3) is 10.8 Å². The molecule has 0 saturated heterocycles. The highest BCUT2D eigenvalue weighted by atomic mass is 19.1. The molecule has 0 fully saturated rings. The fraction of sp³-hybridized carbons (Fsp3) is 0.455. The number of phenolic OH excluding ortho intramolecular Hbond substituents is 1. The van der Waals surface area contributed by atoms with Crippen molar-refractivity contribution in [3.05, 3.63) is 71.3 Å². The summed E-state index contributed by atoms with van der Waals surface area (Å²) in [5, 5.41) is 14.2. The number of para-hydroxylation sites is 1. The van der Waals surface area contributed by atoms with Gasteiger partial charge in [-0.2, -0.15) is 0 Å². The van der Waals surface area contributed by atoms with Gasteiger partial charge in [-0.25, -0.2) is 4.39 Å². The van der Waals surface area contributed by atoms with E-state index in [-0.39, 0.29) is 36.6 Å². The fourth-order valence-electron chi connectivity index (χ4n) is 4.05. The van der Waals surface area contributed by atoms with Crippen LogP contribution >= 0.6 is 0 Å². The Morgan fingerprint density at radius 1 is 1.05 bits per heavy atom. The molecule has 2 aromatic carbocycles. The number of esters is 1. The number of fused-ring (bicyclic) bond motifs is 1. The molecule has 0 aliphatic heterocycles. The molecule has 8 nitrogen and oxygen atoms in total. The molecular weight excluding hydrogens is 537 g/mol. The minimum atomic E-state index is -0.542. The average Bonchev–Trinajstić information content (AvgIpc) is 2.94. The summed E-state index contributed by atoms with van der Waals surface area (Å²) >= 11 is 0. The maximum absolute atomic E-state index is 12.5. The summed E-state index contributed by atoms with van der Waals surface area (Å²) in [6.45, 7) is 11.6. The monoisotopic (exact) mass is 583 g/mol. The van der Waals surface area contributed by atoms with Gasteiger partial charge in [-0.3, -0.25) is 19.4 Å². The number of nitrogens with one attached hydrogen (secondary N) is 1. The SMILES string of the molecule is CC(=O)OCCC(C)(CCCCNC(=O)CN)C(C)=O.CCc1cccc(F)c1O.Cc1ccc2cnc(C)cc2c1. The number of hydrogen-bond donors (Lipinski definition) is 3. The second-order valence-corrected chi connectivity index (χ2v) is 10.5. The zero-order chi connectivity index (χ0) is 31.7. The second kappa shape index (κ2) is 18.6. The number of hydrogen-bond acceptors (Lipinski definition) is 7. The molecule has 0 radical (unpaired) electrons. The van der Waals surface area contributed by atoms with E-state index in [1.54, 1.807) is 19.1 Å². The maximum atomic E-state index is 12.5. The van der Waals surface area contributed by atoms with Gasteiger partial charge in [-0.05, 0) is 69.5 Å². The third-order valence-corrected chi connectivity index (χ3v) is 6.94. The third-order valence-electron chi connectivity index (χ3n) is 6.94. The zero-order valence-corrected chi connectivity index (χ0v) is 25.8. The molecule has 0 aliphatic rings. The molecule has 230 valence electrons. The van der Waals surface area contributed by atoms with Gasteiger partial charge in [0.1, 0.15) is 5.78 Å². The lowest BCUT2D eigenvalue weighted by Gasteiger charge is -2.26. The number of aryl methyl sites for hydroxylation is 3. The highest BCUT2D eigenvalue weighted by Gasteiger charge is 2.29. The van der Waals surface area contributed by atoms with Crippen LogP contribution in [0, 0.1) is 25.1 Å². The first-order chi connectivity index (χ1) is 19.8. The molecule has 4 N–H and O–H groups in total. The van der Waals surface area contributed by atoms with E-state index < -0.39 is 11.2 Å². The molecule has 0 saturated carbocycles. The number of ketones is 1. The van der Waals surface area contributed by atoms with Crippen molar-refractivity contribution >= 4 is 28.4 Å². The Hall–Kier alpha value is -3.85. The highest BCUT2D eigenvalue weighted by molar-refractivity contribution is 5.82. The number of halogens is 1. The molecule has 1 atom stereocenters. The van der Waals surface area contributed by atoms with E-state index in [4.69, 9.17) is 15.6 Å². The average molecular weight is 584 g/mol. The highest BCUT2D eigenvalue weighted by Crippen LogP contribution is 2.29. The summed E-state index contributed by atoms with van der Waals surface area (Å²) in [4.78, 5) is 37.6. The molecular formula is C33H46FN3O5. The number of aromatic hydroxyl groups is 1. The Morgan fingerprint density at radius 2 is 1.76 bits per heavy atom. The maximum Gasteiger partial charge on any atom is 0.302 e. The molecule has 1 unspecified atom stereocenters. The minimum absolute atomic E-state index is 0.00640. The molecule has 0 aliphatic carbocycles. The number of benzene rings is 2. The summed E-state index contributed by atoms with van der Waals surface area (Å²) in [5.41, 5.74) is 7.73. The lowest BCUT2D eigenvalue weighted by molar-refractivity contribution is -0.143. The number of carbonyl (C=O) groups excluding carboxylic acids is 3. The van der Waals surface area contributed by atoms with Crippen LogP contribution in [0.4, 0.5) is 4.39 Å². The zero-order valence-electron chi connectivity index (χ0n) is 25.8. The van der Waals surface area contributed by atoms with Gasteiger partial charge in [-0.1, -0.05) is 56.2 Å². The predicted octanol–water partition coefficient (Wildman–Crippen LogP) is 5.73. The third kappa shape index (κ3) is 13.2. The van der Waals surface area contributed by atoms with Crippen molar-refractivity contribution in [1.82, 2.24) is 10.3 Å². The van der Waals surface area contributed by atoms with E-state index in [9.17, 15) is 18.8 Å². The molecule has 3 rings (SSSR count). The quantitative estimate of drug-likeness (QED) is 0.194. The lowest BCUT2D eigenvalue weighted by atomic mass is 9.78. The molecule has 0 spiro atoms. The van der Waals surface area contributed by atoms with Gasteiger partial charge in [0.05, 0.1) is 13.2 Å². The second-order valence-electron chi connectivity index (χ2n) is 10.5. The van der Waals surface area contributed by atoms with Gasteiger partial charge >= 0.3 is 5.97 Å². The number of phenols is 1. The Balaban J connectivity index is 0.000000338. The molecule has 1 amide bonds. The number of nitrogens with two attached hydrogens (primary N) is 1. The summed E-state index contributed by atoms with van der Waals surface area (Å²) in [7, 11) is 0. The van der Waals surface area contributed by atoms with E-state index in [2.05, 4.69) is 41.5 Å². The van der Waals surface area contributed by atoms with Crippen molar-refractivity contribution in [1.29, 1.82) is 0 Å². The molecule has 9 heteroatoms. The largest absolute Gasteiger partial charge is 0.505 e. The first kappa shape index (κ1) is 36.2. The number of rotatable bonds is 11. The standard InChI is InChI=1S/C14H26N2O4.C11H11N.C8H9FO/c1-11(17)14(3,7-9-20-12(2)18)6-4-5-8-16-13(19)10-15;1-8-3-4-10-7-12-9(2)6-11(10)5-8;1-2-6-4-3-5-7(9)8(6)10/h4-10,15H2,1-3H3,(H,16,19);3-7H,1-2H3;3-5,10H,2H2,1H3.